The third-order valence-electron chi connectivity index (χ3n) is 2.26. The first-order valence-electron chi connectivity index (χ1n) is 4.38. The minimum atomic E-state index is -0.108. The summed E-state index contributed by atoms with van der Waals surface area (Å²) in [5.41, 5.74) is 0. The average molecular weight is 262 g/mol. The minimum absolute atomic E-state index is 0.108. The Morgan fingerprint density at radius 3 is 3.00 bits per heavy atom. The fourth-order valence-corrected chi connectivity index (χ4v) is 3.14. The van der Waals surface area contributed by atoms with Gasteiger partial charge in [0.05, 0.1) is 9.89 Å². The van der Waals surface area contributed by atoms with Crippen molar-refractivity contribution in [2.75, 3.05) is 13.1 Å². The Hall–Kier alpha value is 0.1000. The number of halogens is 1. The lowest BCUT2D eigenvalue weighted by Crippen LogP contribution is -2.20. The predicted molar refractivity (Wildman–Crippen MR) is 57.9 cm³/mol. The molecule has 0 aliphatic carbocycles. The van der Waals surface area contributed by atoms with E-state index < -0.39 is 0 Å². The maximum Gasteiger partial charge on any atom is 0.0701 e. The summed E-state index contributed by atoms with van der Waals surface area (Å²) in [7, 11) is 0. The van der Waals surface area contributed by atoms with Gasteiger partial charge in [0.2, 0.25) is 0 Å². The average Bonchev–Trinajstić information content (AvgIpc) is 2.62. The Morgan fingerprint density at radius 2 is 2.46 bits per heavy atom. The number of rotatable bonds is 2. The van der Waals surface area contributed by atoms with Crippen molar-refractivity contribution < 1.29 is 5.11 Å². The van der Waals surface area contributed by atoms with Crippen LogP contribution in [0, 0.1) is 0 Å². The highest BCUT2D eigenvalue weighted by Crippen LogP contribution is 2.24. The van der Waals surface area contributed by atoms with Crippen LogP contribution in [-0.4, -0.2) is 29.2 Å². The van der Waals surface area contributed by atoms with Crippen LogP contribution in [0.4, 0.5) is 0 Å². The Kier molecular flexibility index (Phi) is 3.03. The van der Waals surface area contributed by atoms with Gasteiger partial charge >= 0.3 is 0 Å². The summed E-state index contributed by atoms with van der Waals surface area (Å²) in [4.78, 5) is 3.66. The Balaban J connectivity index is 1.91. The monoisotopic (exact) mass is 261 g/mol. The molecule has 72 valence electrons. The summed E-state index contributed by atoms with van der Waals surface area (Å²) in [6.45, 7) is 2.83. The normalized spacial score (nSPS) is 24.0. The van der Waals surface area contributed by atoms with Crippen molar-refractivity contribution in [1.29, 1.82) is 0 Å². The molecule has 0 bridgehead atoms. The smallest absolute Gasteiger partial charge is 0.0701 e. The van der Waals surface area contributed by atoms with Gasteiger partial charge in [0.15, 0.2) is 0 Å². The molecule has 1 unspecified atom stereocenters. The number of β-amino-alcohol motifs (C(OH)–C–C–N with tert-alkyl or cyclic N) is 1. The standard InChI is InChI=1S/C9H12BrNOS/c10-9-2-1-8(13-9)6-11-4-3-7(12)5-11/h1-2,7,12H,3-6H2. The van der Waals surface area contributed by atoms with Crippen LogP contribution in [0.1, 0.15) is 11.3 Å². The van der Waals surface area contributed by atoms with Crippen LogP contribution >= 0.6 is 27.3 Å². The van der Waals surface area contributed by atoms with Gasteiger partial charge in [-0.2, -0.15) is 0 Å². The molecule has 0 spiro atoms. The van der Waals surface area contributed by atoms with E-state index in [1.807, 2.05) is 0 Å². The molecule has 2 nitrogen and oxygen atoms in total. The van der Waals surface area contributed by atoms with Gasteiger partial charge in [0, 0.05) is 24.5 Å². The lowest BCUT2D eigenvalue weighted by molar-refractivity contribution is 0.175. The molecule has 0 radical (unpaired) electrons. The van der Waals surface area contributed by atoms with Gasteiger partial charge in [0.1, 0.15) is 0 Å². The SMILES string of the molecule is OC1CCN(Cc2ccc(Br)s2)C1. The number of likely N-dealkylation sites (tertiary alicyclic amines) is 1. The largest absolute Gasteiger partial charge is 0.392 e. The van der Waals surface area contributed by atoms with Crippen LogP contribution in [0.2, 0.25) is 0 Å². The minimum Gasteiger partial charge on any atom is -0.392 e. The Labute approximate surface area is 90.3 Å². The fraction of sp³-hybridized carbons (Fsp3) is 0.556. The van der Waals surface area contributed by atoms with E-state index in [4.69, 9.17) is 0 Å². The maximum absolute atomic E-state index is 9.34. The van der Waals surface area contributed by atoms with Gasteiger partial charge in [-0.05, 0) is 34.5 Å². The first-order chi connectivity index (χ1) is 6.24. The summed E-state index contributed by atoms with van der Waals surface area (Å²) in [5, 5.41) is 9.34. The molecular weight excluding hydrogens is 250 g/mol. The number of aliphatic hydroxyl groups is 1. The highest BCUT2D eigenvalue weighted by atomic mass is 79.9. The van der Waals surface area contributed by atoms with Gasteiger partial charge in [0.25, 0.3) is 0 Å². The summed E-state index contributed by atoms with van der Waals surface area (Å²) in [5.74, 6) is 0. The summed E-state index contributed by atoms with van der Waals surface area (Å²) < 4.78 is 1.18. The molecule has 1 N–H and O–H groups in total. The maximum atomic E-state index is 9.34. The first kappa shape index (κ1) is 9.65. The zero-order chi connectivity index (χ0) is 9.26. The lowest BCUT2D eigenvalue weighted by Gasteiger charge is -2.12. The van der Waals surface area contributed by atoms with Crippen molar-refractivity contribution >= 4 is 27.3 Å². The molecule has 4 heteroatoms. The van der Waals surface area contributed by atoms with Crippen LogP contribution in [0.25, 0.3) is 0 Å². The van der Waals surface area contributed by atoms with Crippen LogP contribution in [0.5, 0.6) is 0 Å². The molecular formula is C9H12BrNOS. The second-order valence-electron chi connectivity index (χ2n) is 3.38. The summed E-state index contributed by atoms with van der Waals surface area (Å²) in [6.07, 6.45) is 0.815. The van der Waals surface area contributed by atoms with E-state index in [-0.39, 0.29) is 6.10 Å². The predicted octanol–water partition coefficient (Wildman–Crippen LogP) is 2.08. The highest BCUT2D eigenvalue weighted by Gasteiger charge is 2.20. The van der Waals surface area contributed by atoms with Crippen molar-refractivity contribution in [2.24, 2.45) is 0 Å². The number of nitrogens with zero attached hydrogens (tertiary/aromatic N) is 1. The zero-order valence-electron chi connectivity index (χ0n) is 7.24. The van der Waals surface area contributed by atoms with Crippen LogP contribution in [0.15, 0.2) is 15.9 Å². The van der Waals surface area contributed by atoms with Crippen LogP contribution < -0.4 is 0 Å². The highest BCUT2D eigenvalue weighted by molar-refractivity contribution is 9.11. The van der Waals surface area contributed by atoms with E-state index in [1.165, 1.54) is 8.66 Å². The van der Waals surface area contributed by atoms with Gasteiger partial charge in [-0.3, -0.25) is 4.90 Å². The number of hydrogen-bond donors (Lipinski definition) is 1. The molecule has 1 fully saturated rings. The molecule has 1 aliphatic rings. The van der Waals surface area contributed by atoms with Crippen LogP contribution in [-0.2, 0) is 6.54 Å². The summed E-state index contributed by atoms with van der Waals surface area (Å²) >= 11 is 5.21. The second-order valence-corrected chi connectivity index (χ2v) is 5.93. The number of hydrogen-bond acceptors (Lipinski definition) is 3. The van der Waals surface area contributed by atoms with Crippen molar-refractivity contribution in [3.05, 3.63) is 20.8 Å². The van der Waals surface area contributed by atoms with Crippen molar-refractivity contribution in [2.45, 2.75) is 19.1 Å². The second kappa shape index (κ2) is 4.09. The third-order valence-corrected chi connectivity index (χ3v) is 3.86. The lowest BCUT2D eigenvalue weighted by atomic mass is 10.3. The van der Waals surface area contributed by atoms with Crippen LogP contribution in [0.3, 0.4) is 0 Å². The van der Waals surface area contributed by atoms with Gasteiger partial charge < -0.3 is 5.11 Å². The zero-order valence-corrected chi connectivity index (χ0v) is 9.64. The third kappa shape index (κ3) is 2.53. The molecule has 0 amide bonds. The van der Waals surface area contributed by atoms with Crippen molar-refractivity contribution in [3.63, 3.8) is 0 Å². The molecule has 1 saturated heterocycles. The first-order valence-corrected chi connectivity index (χ1v) is 5.99. The molecule has 2 heterocycles. The fourth-order valence-electron chi connectivity index (χ4n) is 1.61. The Morgan fingerprint density at radius 1 is 1.62 bits per heavy atom. The topological polar surface area (TPSA) is 23.5 Å². The van der Waals surface area contributed by atoms with Gasteiger partial charge in [-0.25, -0.2) is 0 Å². The van der Waals surface area contributed by atoms with Gasteiger partial charge in [-0.15, -0.1) is 11.3 Å². The molecule has 0 aromatic carbocycles. The molecule has 1 aliphatic heterocycles. The Bertz CT molecular complexity index is 289. The van der Waals surface area contributed by atoms with Crippen molar-refractivity contribution in [1.82, 2.24) is 4.90 Å². The molecule has 2 rings (SSSR count). The molecule has 13 heavy (non-hydrogen) atoms. The molecule has 1 atom stereocenters. The van der Waals surface area contributed by atoms with E-state index in [0.29, 0.717) is 0 Å². The van der Waals surface area contributed by atoms with Gasteiger partial charge in [-0.1, -0.05) is 0 Å². The van der Waals surface area contributed by atoms with E-state index in [2.05, 4.69) is 33.0 Å². The van der Waals surface area contributed by atoms with E-state index >= 15 is 0 Å². The van der Waals surface area contributed by atoms with Crippen molar-refractivity contribution in [3.8, 4) is 0 Å². The van der Waals surface area contributed by atoms with E-state index in [9.17, 15) is 5.11 Å². The number of aliphatic hydroxyl groups excluding tert-OH is 1. The summed E-state index contributed by atoms with van der Waals surface area (Å²) in [6, 6.07) is 4.21. The molecule has 1 aromatic rings. The number of thiophene rings is 1. The quantitative estimate of drug-likeness (QED) is 0.882. The molecule has 0 saturated carbocycles. The molecule has 1 aromatic heterocycles. The van der Waals surface area contributed by atoms with E-state index in [0.717, 1.165) is 26.1 Å². The van der Waals surface area contributed by atoms with E-state index in [1.54, 1.807) is 11.3 Å².